The van der Waals surface area contributed by atoms with Gasteiger partial charge in [-0.25, -0.2) is 0 Å². The zero-order valence-electron chi connectivity index (χ0n) is 11.0. The number of rotatable bonds is 4. The van der Waals surface area contributed by atoms with Crippen molar-refractivity contribution in [3.05, 3.63) is 33.6 Å². The van der Waals surface area contributed by atoms with E-state index in [0.29, 0.717) is 6.42 Å². The first-order valence-electron chi connectivity index (χ1n) is 5.99. The maximum atomic E-state index is 8.68. The summed E-state index contributed by atoms with van der Waals surface area (Å²) in [4.78, 5) is 1.30. The van der Waals surface area contributed by atoms with Crippen LogP contribution in [0.25, 0.3) is 0 Å². The molecule has 0 atom stereocenters. The monoisotopic (exact) mass is 292 g/mol. The molecule has 0 aromatic carbocycles. The lowest BCUT2D eigenvalue weighted by Gasteiger charge is -1.99. The molecule has 19 heavy (non-hydrogen) atoms. The molecular weight excluding hydrogens is 276 g/mol. The van der Waals surface area contributed by atoms with Crippen LogP contribution >= 0.6 is 23.1 Å². The molecule has 2 aromatic heterocycles. The highest BCUT2D eigenvalue weighted by Gasteiger charge is 2.04. The van der Waals surface area contributed by atoms with E-state index in [2.05, 4.69) is 34.5 Å². The quantitative estimate of drug-likeness (QED) is 0.695. The summed E-state index contributed by atoms with van der Waals surface area (Å²) in [5.74, 6) is 6.93. The van der Waals surface area contributed by atoms with Crippen molar-refractivity contribution in [3.63, 3.8) is 0 Å². The van der Waals surface area contributed by atoms with Gasteiger partial charge in [0.1, 0.15) is 0 Å². The second-order valence-corrected chi connectivity index (χ2v) is 6.10. The number of aliphatic hydroxyl groups excluding tert-OH is 1. The molecular formula is C14H16N2OS2. The van der Waals surface area contributed by atoms with Gasteiger partial charge in [0.15, 0.2) is 0 Å². The molecule has 3 nitrogen and oxygen atoms in total. The molecule has 0 aliphatic heterocycles. The Morgan fingerprint density at radius 1 is 1.47 bits per heavy atom. The molecule has 2 heterocycles. The summed E-state index contributed by atoms with van der Waals surface area (Å²) in [6, 6.07) is 4.21. The number of aliphatic hydroxyl groups is 1. The Bertz CT molecular complexity index is 604. The predicted octanol–water partition coefficient (Wildman–Crippen LogP) is 2.82. The molecule has 0 saturated heterocycles. The lowest BCUT2D eigenvalue weighted by Crippen LogP contribution is -1.92. The highest BCUT2D eigenvalue weighted by atomic mass is 32.2. The van der Waals surface area contributed by atoms with Crippen LogP contribution in [0.2, 0.25) is 0 Å². The number of hydrogen-bond acceptors (Lipinski definition) is 4. The Labute approximate surface area is 121 Å². The molecule has 100 valence electrons. The van der Waals surface area contributed by atoms with Gasteiger partial charge in [-0.1, -0.05) is 11.8 Å². The number of hydrogen-bond donors (Lipinski definition) is 1. The fraction of sp³-hybridized carbons (Fsp3) is 0.357. The molecule has 2 aromatic rings. The van der Waals surface area contributed by atoms with Gasteiger partial charge in [-0.2, -0.15) is 5.10 Å². The number of nitrogens with zero attached hydrogens (tertiary/aromatic N) is 2. The largest absolute Gasteiger partial charge is 0.395 e. The van der Waals surface area contributed by atoms with Gasteiger partial charge in [0.25, 0.3) is 0 Å². The standard InChI is InChI=1S/C14H16N2OS2/c1-11-7-14(16(2)15-11)19-10-13-8-12(9-18-13)5-3-4-6-17/h7-9,17H,4,6,10H2,1-2H3. The smallest absolute Gasteiger partial charge is 0.0942 e. The molecule has 0 bridgehead atoms. The van der Waals surface area contributed by atoms with E-state index in [1.165, 1.54) is 9.90 Å². The Hall–Kier alpha value is -1.22. The van der Waals surface area contributed by atoms with Crippen molar-refractivity contribution in [1.29, 1.82) is 0 Å². The molecule has 0 unspecified atom stereocenters. The Morgan fingerprint density at radius 2 is 2.32 bits per heavy atom. The minimum absolute atomic E-state index is 0.125. The predicted molar refractivity (Wildman–Crippen MR) is 80.4 cm³/mol. The van der Waals surface area contributed by atoms with Gasteiger partial charge in [0, 0.05) is 35.0 Å². The van der Waals surface area contributed by atoms with E-state index in [1.54, 1.807) is 23.1 Å². The van der Waals surface area contributed by atoms with Gasteiger partial charge in [-0.15, -0.1) is 23.1 Å². The first-order chi connectivity index (χ1) is 9.19. The van der Waals surface area contributed by atoms with Gasteiger partial charge in [0.05, 0.1) is 17.3 Å². The minimum atomic E-state index is 0.125. The van der Waals surface area contributed by atoms with Crippen molar-refractivity contribution in [2.24, 2.45) is 7.05 Å². The van der Waals surface area contributed by atoms with Gasteiger partial charge < -0.3 is 5.11 Å². The molecule has 2 rings (SSSR count). The van der Waals surface area contributed by atoms with Crippen LogP contribution in [0.3, 0.4) is 0 Å². The second-order valence-electron chi connectivity index (χ2n) is 4.11. The van der Waals surface area contributed by atoms with Crippen molar-refractivity contribution in [3.8, 4) is 11.8 Å². The SMILES string of the molecule is Cc1cc(SCc2cc(C#CCCO)cs2)n(C)n1. The molecule has 0 spiro atoms. The average Bonchev–Trinajstić information content (AvgIpc) is 2.94. The van der Waals surface area contributed by atoms with Crippen LogP contribution < -0.4 is 0 Å². The first-order valence-corrected chi connectivity index (χ1v) is 7.86. The third kappa shape index (κ3) is 4.13. The number of aryl methyl sites for hydroxylation is 2. The highest BCUT2D eigenvalue weighted by Crippen LogP contribution is 2.26. The third-order valence-electron chi connectivity index (χ3n) is 2.44. The lowest BCUT2D eigenvalue weighted by molar-refractivity contribution is 0.305. The van der Waals surface area contributed by atoms with E-state index in [4.69, 9.17) is 5.11 Å². The number of aromatic nitrogens is 2. The van der Waals surface area contributed by atoms with E-state index >= 15 is 0 Å². The van der Waals surface area contributed by atoms with Crippen LogP contribution in [0, 0.1) is 18.8 Å². The third-order valence-corrected chi connectivity index (χ3v) is 4.70. The molecule has 0 aliphatic rings. The topological polar surface area (TPSA) is 38.0 Å². The van der Waals surface area contributed by atoms with E-state index in [1.807, 2.05) is 18.7 Å². The summed E-state index contributed by atoms with van der Waals surface area (Å²) < 4.78 is 1.91. The van der Waals surface area contributed by atoms with Crippen molar-refractivity contribution < 1.29 is 5.11 Å². The Balaban J connectivity index is 1.94. The van der Waals surface area contributed by atoms with E-state index in [-0.39, 0.29) is 6.61 Å². The second kappa shape index (κ2) is 6.80. The molecule has 0 amide bonds. The Morgan fingerprint density at radius 3 is 3.00 bits per heavy atom. The fourth-order valence-electron chi connectivity index (χ4n) is 1.61. The van der Waals surface area contributed by atoms with Gasteiger partial charge >= 0.3 is 0 Å². The summed E-state index contributed by atoms with van der Waals surface area (Å²) >= 11 is 3.51. The molecule has 1 N–H and O–H groups in total. The molecule has 0 saturated carbocycles. The highest BCUT2D eigenvalue weighted by molar-refractivity contribution is 7.98. The maximum absolute atomic E-state index is 8.68. The van der Waals surface area contributed by atoms with Crippen LogP contribution in [0.15, 0.2) is 22.5 Å². The van der Waals surface area contributed by atoms with Crippen LogP contribution in [0.4, 0.5) is 0 Å². The summed E-state index contributed by atoms with van der Waals surface area (Å²) in [6.07, 6.45) is 0.536. The molecule has 0 radical (unpaired) electrons. The van der Waals surface area contributed by atoms with Gasteiger partial charge in [0.2, 0.25) is 0 Å². The minimum Gasteiger partial charge on any atom is -0.395 e. The van der Waals surface area contributed by atoms with E-state index in [0.717, 1.165) is 17.0 Å². The lowest BCUT2D eigenvalue weighted by atomic mass is 10.3. The summed E-state index contributed by atoms with van der Waals surface area (Å²) in [7, 11) is 1.97. The summed E-state index contributed by atoms with van der Waals surface area (Å²) in [5.41, 5.74) is 2.09. The zero-order valence-corrected chi connectivity index (χ0v) is 12.6. The number of thiophene rings is 1. The van der Waals surface area contributed by atoms with Crippen LogP contribution in [-0.2, 0) is 12.8 Å². The fourth-order valence-corrected chi connectivity index (χ4v) is 3.51. The van der Waals surface area contributed by atoms with E-state index < -0.39 is 0 Å². The summed E-state index contributed by atoms with van der Waals surface area (Å²) in [6.45, 7) is 2.13. The Kier molecular flexibility index (Phi) is 5.08. The van der Waals surface area contributed by atoms with Crippen molar-refractivity contribution in [2.75, 3.05) is 6.61 Å². The van der Waals surface area contributed by atoms with E-state index in [9.17, 15) is 0 Å². The van der Waals surface area contributed by atoms with Crippen LogP contribution in [-0.4, -0.2) is 21.5 Å². The van der Waals surface area contributed by atoms with Gasteiger partial charge in [-0.05, 0) is 19.1 Å². The summed E-state index contributed by atoms with van der Waals surface area (Å²) in [5, 5.41) is 16.3. The first kappa shape index (κ1) is 14.2. The normalized spacial score (nSPS) is 10.3. The average molecular weight is 292 g/mol. The van der Waals surface area contributed by atoms with Crippen LogP contribution in [0.5, 0.6) is 0 Å². The van der Waals surface area contributed by atoms with Crippen LogP contribution in [0.1, 0.15) is 22.6 Å². The number of thioether (sulfide) groups is 1. The van der Waals surface area contributed by atoms with Crippen molar-refractivity contribution >= 4 is 23.1 Å². The van der Waals surface area contributed by atoms with Crippen molar-refractivity contribution in [1.82, 2.24) is 9.78 Å². The van der Waals surface area contributed by atoms with Gasteiger partial charge in [-0.3, -0.25) is 4.68 Å². The van der Waals surface area contributed by atoms with Crippen molar-refractivity contribution in [2.45, 2.75) is 24.1 Å². The molecule has 5 heteroatoms. The molecule has 0 fully saturated rings. The molecule has 0 aliphatic carbocycles. The maximum Gasteiger partial charge on any atom is 0.0942 e. The zero-order chi connectivity index (χ0) is 13.7.